The second-order valence-corrected chi connectivity index (χ2v) is 5.33. The number of aromatic nitrogens is 3. The molecule has 0 bridgehead atoms. The van der Waals surface area contributed by atoms with E-state index < -0.39 is 17.9 Å². The zero-order chi connectivity index (χ0) is 17.1. The van der Waals surface area contributed by atoms with Crippen LogP contribution < -0.4 is 11.1 Å². The second-order valence-electron chi connectivity index (χ2n) is 5.33. The number of benzene rings is 2. The minimum absolute atomic E-state index is 0.393. The molecule has 0 radical (unpaired) electrons. The molecule has 0 fully saturated rings. The lowest BCUT2D eigenvalue weighted by atomic mass is 10.1. The summed E-state index contributed by atoms with van der Waals surface area (Å²) in [6.45, 7) is 2.66. The third-order valence-electron chi connectivity index (χ3n) is 3.77. The molecule has 122 valence electrons. The fourth-order valence-electron chi connectivity index (χ4n) is 2.53. The Bertz CT molecular complexity index is 888. The van der Waals surface area contributed by atoms with E-state index in [1.807, 2.05) is 13.0 Å². The van der Waals surface area contributed by atoms with Crippen LogP contribution in [0.3, 0.4) is 0 Å². The molecule has 3 rings (SSSR count). The van der Waals surface area contributed by atoms with Crippen LogP contribution in [0.2, 0.25) is 0 Å². The minimum atomic E-state index is -0.888. The van der Waals surface area contributed by atoms with Crippen LogP contribution in [0, 0.1) is 0 Å². The van der Waals surface area contributed by atoms with E-state index in [0.29, 0.717) is 23.2 Å². The molecule has 1 atom stereocenters. The third kappa shape index (κ3) is 2.96. The normalized spacial score (nSPS) is 12.0. The maximum atomic E-state index is 12.5. The van der Waals surface area contributed by atoms with E-state index in [4.69, 9.17) is 5.73 Å². The molecule has 0 aliphatic carbocycles. The Morgan fingerprint density at radius 3 is 2.62 bits per heavy atom. The van der Waals surface area contributed by atoms with Gasteiger partial charge in [0.15, 0.2) is 0 Å². The maximum absolute atomic E-state index is 12.5. The van der Waals surface area contributed by atoms with Gasteiger partial charge < -0.3 is 11.1 Å². The zero-order valence-electron chi connectivity index (χ0n) is 13.1. The monoisotopic (exact) mass is 323 g/mol. The van der Waals surface area contributed by atoms with Crippen LogP contribution in [0.1, 0.15) is 28.9 Å². The summed E-state index contributed by atoms with van der Waals surface area (Å²) in [6, 6.07) is 13.1. The lowest BCUT2D eigenvalue weighted by molar-refractivity contribution is -0.120. The van der Waals surface area contributed by atoms with Gasteiger partial charge in [-0.3, -0.25) is 9.59 Å². The van der Waals surface area contributed by atoms with Crippen molar-refractivity contribution in [1.82, 2.24) is 20.3 Å². The van der Waals surface area contributed by atoms with Gasteiger partial charge in [-0.15, -0.1) is 5.10 Å². The van der Waals surface area contributed by atoms with Crippen LogP contribution in [-0.2, 0) is 11.3 Å². The van der Waals surface area contributed by atoms with Gasteiger partial charge in [-0.2, -0.15) is 0 Å². The number of primary amides is 1. The molecule has 0 spiro atoms. The molecule has 1 aromatic heterocycles. The van der Waals surface area contributed by atoms with E-state index in [9.17, 15) is 9.59 Å². The summed E-state index contributed by atoms with van der Waals surface area (Å²) in [5.41, 5.74) is 7.93. The zero-order valence-corrected chi connectivity index (χ0v) is 13.1. The molecule has 0 saturated heterocycles. The molecule has 1 heterocycles. The summed E-state index contributed by atoms with van der Waals surface area (Å²) in [5.74, 6) is -1.01. The Kier molecular flexibility index (Phi) is 4.24. The first-order valence-electron chi connectivity index (χ1n) is 7.58. The molecule has 2 aromatic carbocycles. The highest BCUT2D eigenvalue weighted by atomic mass is 16.2. The topological polar surface area (TPSA) is 103 Å². The van der Waals surface area contributed by atoms with Crippen molar-refractivity contribution in [3.05, 3.63) is 59.7 Å². The van der Waals surface area contributed by atoms with Crippen LogP contribution >= 0.6 is 0 Å². The Labute approximate surface area is 138 Å². The van der Waals surface area contributed by atoms with E-state index in [1.165, 1.54) is 0 Å². The summed E-state index contributed by atoms with van der Waals surface area (Å²) in [6.07, 6.45) is 0. The Morgan fingerprint density at radius 2 is 1.96 bits per heavy atom. The minimum Gasteiger partial charge on any atom is -0.368 e. The quantitative estimate of drug-likeness (QED) is 0.741. The molecule has 3 aromatic rings. The molecule has 2 amide bonds. The fraction of sp³-hybridized carbons (Fsp3) is 0.176. The van der Waals surface area contributed by atoms with Crippen LogP contribution in [0.25, 0.3) is 11.0 Å². The first-order valence-corrected chi connectivity index (χ1v) is 7.58. The highest BCUT2D eigenvalue weighted by molar-refractivity contribution is 5.99. The molecule has 0 saturated carbocycles. The van der Waals surface area contributed by atoms with E-state index in [0.717, 1.165) is 5.52 Å². The van der Waals surface area contributed by atoms with Gasteiger partial charge in [0, 0.05) is 12.1 Å². The summed E-state index contributed by atoms with van der Waals surface area (Å²) in [5, 5.41) is 10.7. The van der Waals surface area contributed by atoms with Crippen molar-refractivity contribution in [3.8, 4) is 0 Å². The van der Waals surface area contributed by atoms with Gasteiger partial charge >= 0.3 is 0 Å². The first kappa shape index (κ1) is 15.7. The van der Waals surface area contributed by atoms with Crippen molar-refractivity contribution in [2.45, 2.75) is 19.5 Å². The van der Waals surface area contributed by atoms with Crippen molar-refractivity contribution in [2.75, 3.05) is 0 Å². The molecule has 24 heavy (non-hydrogen) atoms. The predicted octanol–water partition coefficient (Wildman–Crippen LogP) is 1.41. The highest BCUT2D eigenvalue weighted by Crippen LogP contribution is 2.16. The van der Waals surface area contributed by atoms with Gasteiger partial charge in [-0.25, -0.2) is 4.68 Å². The smallest absolute Gasteiger partial charge is 0.252 e. The molecule has 7 nitrogen and oxygen atoms in total. The first-order chi connectivity index (χ1) is 11.6. The van der Waals surface area contributed by atoms with Gasteiger partial charge in [-0.1, -0.05) is 35.5 Å². The number of nitrogens with zero attached hydrogens (tertiary/aromatic N) is 3. The van der Waals surface area contributed by atoms with Gasteiger partial charge in [0.1, 0.15) is 11.6 Å². The average molecular weight is 323 g/mol. The fourth-order valence-corrected chi connectivity index (χ4v) is 2.53. The summed E-state index contributed by atoms with van der Waals surface area (Å²) >= 11 is 0. The average Bonchev–Trinajstić information content (AvgIpc) is 3.02. The molecular weight excluding hydrogens is 306 g/mol. The number of nitrogens with two attached hydrogens (primary N) is 1. The number of nitrogens with one attached hydrogen (secondary N) is 1. The summed E-state index contributed by atoms with van der Waals surface area (Å²) in [7, 11) is 0. The van der Waals surface area contributed by atoms with E-state index in [2.05, 4.69) is 15.6 Å². The van der Waals surface area contributed by atoms with Gasteiger partial charge in [0.25, 0.3) is 5.91 Å². The molecule has 3 N–H and O–H groups in total. The Balaban J connectivity index is 1.86. The van der Waals surface area contributed by atoms with Crippen LogP contribution in [0.15, 0.2) is 48.5 Å². The standard InChI is InChI=1S/C17H17N5O2/c1-2-22-14-9-8-12(10-13(14)20-21-22)17(24)19-15(16(18)23)11-6-4-3-5-7-11/h3-10,15H,2H2,1H3,(H2,18,23)(H,19,24)/t15-/m0/s1. The number of carbonyl (C=O) groups excluding carboxylic acids is 2. The largest absolute Gasteiger partial charge is 0.368 e. The van der Waals surface area contributed by atoms with Crippen molar-refractivity contribution < 1.29 is 9.59 Å². The van der Waals surface area contributed by atoms with Gasteiger partial charge in [-0.05, 0) is 30.7 Å². The molecule has 7 heteroatoms. The Hall–Kier alpha value is -3.22. The maximum Gasteiger partial charge on any atom is 0.252 e. The third-order valence-corrected chi connectivity index (χ3v) is 3.77. The van der Waals surface area contributed by atoms with Crippen LogP contribution in [-0.4, -0.2) is 26.8 Å². The molecular formula is C17H17N5O2. The van der Waals surface area contributed by atoms with Crippen LogP contribution in [0.5, 0.6) is 0 Å². The summed E-state index contributed by atoms with van der Waals surface area (Å²) in [4.78, 5) is 24.2. The number of amides is 2. The van der Waals surface area contributed by atoms with Gasteiger partial charge in [0.05, 0.1) is 5.52 Å². The molecule has 0 aliphatic rings. The van der Waals surface area contributed by atoms with E-state index in [1.54, 1.807) is 47.1 Å². The summed E-state index contributed by atoms with van der Waals surface area (Å²) < 4.78 is 1.74. The van der Waals surface area contributed by atoms with Crippen molar-refractivity contribution in [1.29, 1.82) is 0 Å². The number of hydrogen-bond donors (Lipinski definition) is 2. The number of hydrogen-bond acceptors (Lipinski definition) is 4. The van der Waals surface area contributed by atoms with E-state index in [-0.39, 0.29) is 0 Å². The lowest BCUT2D eigenvalue weighted by Gasteiger charge is -2.15. The highest BCUT2D eigenvalue weighted by Gasteiger charge is 2.21. The number of rotatable bonds is 5. The molecule has 0 aliphatic heterocycles. The van der Waals surface area contributed by atoms with Crippen molar-refractivity contribution in [2.24, 2.45) is 5.73 Å². The number of aryl methyl sites for hydroxylation is 1. The second kappa shape index (κ2) is 6.49. The number of fused-ring (bicyclic) bond motifs is 1. The Morgan fingerprint density at radius 1 is 1.21 bits per heavy atom. The molecule has 0 unspecified atom stereocenters. The SMILES string of the molecule is CCn1nnc2cc(C(=O)N[C@H](C(N)=O)c3ccccc3)ccc21. The predicted molar refractivity (Wildman–Crippen MR) is 89.0 cm³/mol. The lowest BCUT2D eigenvalue weighted by Crippen LogP contribution is -2.37. The van der Waals surface area contributed by atoms with Crippen LogP contribution in [0.4, 0.5) is 0 Å². The van der Waals surface area contributed by atoms with Crippen molar-refractivity contribution >= 4 is 22.8 Å². The van der Waals surface area contributed by atoms with Crippen molar-refractivity contribution in [3.63, 3.8) is 0 Å². The van der Waals surface area contributed by atoms with Gasteiger partial charge in [0.2, 0.25) is 5.91 Å². The van der Waals surface area contributed by atoms with E-state index >= 15 is 0 Å². The number of carbonyl (C=O) groups is 2.